The normalized spacial score (nSPS) is 11.7. The van der Waals surface area contributed by atoms with Crippen LogP contribution in [0.2, 0.25) is 5.15 Å². The summed E-state index contributed by atoms with van der Waals surface area (Å²) in [6.45, 7) is 2.26. The molecule has 96 valence electrons. The smallest absolute Gasteiger partial charge is 0.241 e. The van der Waals surface area contributed by atoms with E-state index >= 15 is 0 Å². The van der Waals surface area contributed by atoms with E-state index in [4.69, 9.17) is 11.6 Å². The lowest BCUT2D eigenvalue weighted by Gasteiger charge is -2.05. The van der Waals surface area contributed by atoms with Crippen molar-refractivity contribution in [2.45, 2.75) is 18.4 Å². The molecule has 0 spiro atoms. The highest BCUT2D eigenvalue weighted by Gasteiger charge is 2.14. The van der Waals surface area contributed by atoms with Gasteiger partial charge in [-0.15, -0.1) is 11.3 Å². The Morgan fingerprint density at radius 1 is 1.39 bits per heavy atom. The van der Waals surface area contributed by atoms with Crippen LogP contribution in [-0.2, 0) is 16.6 Å². The number of nitrogens with zero attached hydrogens (tertiary/aromatic N) is 1. The number of sulfonamides is 1. The van der Waals surface area contributed by atoms with E-state index in [0.29, 0.717) is 0 Å². The SMILES string of the molecule is Cc1ccc(CNS(=O)(=O)c2ccnc(Cl)c2)s1. The first-order valence-corrected chi connectivity index (χ1v) is 7.82. The van der Waals surface area contributed by atoms with E-state index in [-0.39, 0.29) is 16.6 Å². The first kappa shape index (κ1) is 13.5. The lowest BCUT2D eigenvalue weighted by molar-refractivity contribution is 0.581. The predicted octanol–water partition coefficient (Wildman–Crippen LogP) is 2.58. The topological polar surface area (TPSA) is 59.1 Å². The Bertz CT molecular complexity index is 653. The van der Waals surface area contributed by atoms with Gasteiger partial charge in [0.2, 0.25) is 10.0 Å². The van der Waals surface area contributed by atoms with Crippen molar-refractivity contribution >= 4 is 33.0 Å². The molecule has 0 saturated carbocycles. The zero-order chi connectivity index (χ0) is 13.2. The molecule has 2 aromatic rings. The third-order valence-corrected chi connectivity index (χ3v) is 4.85. The number of hydrogen-bond acceptors (Lipinski definition) is 4. The molecule has 18 heavy (non-hydrogen) atoms. The van der Waals surface area contributed by atoms with Crippen LogP contribution in [0.3, 0.4) is 0 Å². The lowest BCUT2D eigenvalue weighted by Crippen LogP contribution is -2.22. The summed E-state index contributed by atoms with van der Waals surface area (Å²) in [5.41, 5.74) is 0. The Morgan fingerprint density at radius 3 is 2.78 bits per heavy atom. The number of thiophene rings is 1. The van der Waals surface area contributed by atoms with Gasteiger partial charge in [-0.05, 0) is 31.2 Å². The van der Waals surface area contributed by atoms with Crippen LogP contribution in [0, 0.1) is 6.92 Å². The van der Waals surface area contributed by atoms with E-state index in [9.17, 15) is 8.42 Å². The molecular formula is C11H11ClN2O2S2. The van der Waals surface area contributed by atoms with Gasteiger partial charge < -0.3 is 0 Å². The van der Waals surface area contributed by atoms with Gasteiger partial charge in [0, 0.05) is 22.5 Å². The summed E-state index contributed by atoms with van der Waals surface area (Å²) in [5, 5.41) is 0.157. The van der Waals surface area contributed by atoms with Crippen LogP contribution in [0.15, 0.2) is 35.4 Å². The Hall–Kier alpha value is -0.950. The summed E-state index contributed by atoms with van der Waals surface area (Å²) in [4.78, 5) is 5.99. The van der Waals surface area contributed by atoms with Crippen molar-refractivity contribution < 1.29 is 8.42 Å². The van der Waals surface area contributed by atoms with Gasteiger partial charge in [0.25, 0.3) is 0 Å². The number of halogens is 1. The molecule has 1 N–H and O–H groups in total. The molecule has 0 aromatic carbocycles. The van der Waals surface area contributed by atoms with Gasteiger partial charge in [-0.3, -0.25) is 0 Å². The van der Waals surface area contributed by atoms with Crippen LogP contribution in [0.25, 0.3) is 0 Å². The standard InChI is InChI=1S/C11H11ClN2O2S2/c1-8-2-3-9(17-8)7-14-18(15,16)10-4-5-13-11(12)6-10/h2-6,14H,7H2,1H3. The average Bonchev–Trinajstić information content (AvgIpc) is 2.73. The van der Waals surface area contributed by atoms with Gasteiger partial charge in [-0.2, -0.15) is 0 Å². The van der Waals surface area contributed by atoms with Crippen LogP contribution in [0.1, 0.15) is 9.75 Å². The third kappa shape index (κ3) is 3.29. The quantitative estimate of drug-likeness (QED) is 0.883. The molecule has 2 aromatic heterocycles. The summed E-state index contributed by atoms with van der Waals surface area (Å²) < 4.78 is 26.5. The minimum absolute atomic E-state index is 0.121. The van der Waals surface area contributed by atoms with Crippen molar-refractivity contribution in [1.82, 2.24) is 9.71 Å². The van der Waals surface area contributed by atoms with Gasteiger partial charge in [0.05, 0.1) is 4.90 Å². The maximum Gasteiger partial charge on any atom is 0.241 e. The Balaban J connectivity index is 2.13. The first-order chi connectivity index (χ1) is 8.47. The van der Waals surface area contributed by atoms with Gasteiger partial charge in [-0.25, -0.2) is 18.1 Å². The molecule has 0 atom stereocenters. The number of hydrogen-bond donors (Lipinski definition) is 1. The second kappa shape index (κ2) is 5.36. The van der Waals surface area contributed by atoms with E-state index in [1.807, 2.05) is 19.1 Å². The summed E-state index contributed by atoms with van der Waals surface area (Å²) in [6, 6.07) is 6.59. The van der Waals surface area contributed by atoms with Crippen LogP contribution in [0.4, 0.5) is 0 Å². The zero-order valence-electron chi connectivity index (χ0n) is 9.55. The molecule has 0 saturated heterocycles. The van der Waals surface area contributed by atoms with E-state index in [1.165, 1.54) is 18.3 Å². The number of aromatic nitrogens is 1. The van der Waals surface area contributed by atoms with Crippen molar-refractivity contribution in [3.63, 3.8) is 0 Å². The monoisotopic (exact) mass is 302 g/mol. The van der Waals surface area contributed by atoms with Crippen molar-refractivity contribution in [3.8, 4) is 0 Å². The molecule has 0 bridgehead atoms. The van der Waals surface area contributed by atoms with Gasteiger partial charge in [0.15, 0.2) is 0 Å². The molecule has 0 aliphatic rings. The second-order valence-corrected chi connectivity index (χ2v) is 7.18. The fraction of sp³-hybridized carbons (Fsp3) is 0.182. The van der Waals surface area contributed by atoms with Crippen molar-refractivity contribution in [2.24, 2.45) is 0 Å². The summed E-state index contributed by atoms with van der Waals surface area (Å²) >= 11 is 7.23. The Labute approximate surface area is 115 Å². The van der Waals surface area contributed by atoms with Gasteiger partial charge in [0.1, 0.15) is 5.15 Å². The lowest BCUT2D eigenvalue weighted by atomic mass is 10.4. The van der Waals surface area contributed by atoms with E-state index in [1.54, 1.807) is 11.3 Å². The summed E-state index contributed by atoms with van der Waals surface area (Å²) in [6.07, 6.45) is 1.37. The summed E-state index contributed by atoms with van der Waals surface area (Å²) in [7, 11) is -3.54. The molecular weight excluding hydrogens is 292 g/mol. The number of pyridine rings is 1. The molecule has 0 fully saturated rings. The predicted molar refractivity (Wildman–Crippen MR) is 72.3 cm³/mol. The molecule has 0 unspecified atom stereocenters. The first-order valence-electron chi connectivity index (χ1n) is 5.14. The maximum absolute atomic E-state index is 12.0. The van der Waals surface area contributed by atoms with E-state index < -0.39 is 10.0 Å². The number of rotatable bonds is 4. The molecule has 0 radical (unpaired) electrons. The molecule has 7 heteroatoms. The third-order valence-electron chi connectivity index (χ3n) is 2.24. The molecule has 4 nitrogen and oxygen atoms in total. The highest BCUT2D eigenvalue weighted by molar-refractivity contribution is 7.89. The number of aryl methyl sites for hydroxylation is 1. The van der Waals surface area contributed by atoms with Crippen LogP contribution < -0.4 is 4.72 Å². The highest BCUT2D eigenvalue weighted by atomic mass is 35.5. The molecule has 0 aliphatic carbocycles. The van der Waals surface area contributed by atoms with E-state index in [2.05, 4.69) is 9.71 Å². The molecule has 0 aliphatic heterocycles. The van der Waals surface area contributed by atoms with E-state index in [0.717, 1.165) is 9.75 Å². The minimum Gasteiger partial charge on any atom is -0.244 e. The van der Waals surface area contributed by atoms with Crippen LogP contribution >= 0.6 is 22.9 Å². The molecule has 2 heterocycles. The van der Waals surface area contributed by atoms with Gasteiger partial charge >= 0.3 is 0 Å². The average molecular weight is 303 g/mol. The van der Waals surface area contributed by atoms with Gasteiger partial charge in [-0.1, -0.05) is 11.6 Å². The zero-order valence-corrected chi connectivity index (χ0v) is 11.9. The largest absolute Gasteiger partial charge is 0.244 e. The fourth-order valence-corrected chi connectivity index (χ4v) is 3.56. The molecule has 2 rings (SSSR count). The van der Waals surface area contributed by atoms with Crippen molar-refractivity contribution in [2.75, 3.05) is 0 Å². The molecule has 0 amide bonds. The Morgan fingerprint density at radius 2 is 2.17 bits per heavy atom. The van der Waals surface area contributed by atoms with Crippen molar-refractivity contribution in [3.05, 3.63) is 45.4 Å². The second-order valence-electron chi connectivity index (χ2n) is 3.65. The maximum atomic E-state index is 12.0. The summed E-state index contributed by atoms with van der Waals surface area (Å²) in [5.74, 6) is 0. The highest BCUT2D eigenvalue weighted by Crippen LogP contribution is 2.17. The Kier molecular flexibility index (Phi) is 4.01. The van der Waals surface area contributed by atoms with Crippen LogP contribution in [-0.4, -0.2) is 13.4 Å². The van der Waals surface area contributed by atoms with Crippen LogP contribution in [0.5, 0.6) is 0 Å². The minimum atomic E-state index is -3.54. The number of nitrogens with one attached hydrogen (secondary N) is 1. The van der Waals surface area contributed by atoms with Crippen molar-refractivity contribution in [1.29, 1.82) is 0 Å². The fourth-order valence-electron chi connectivity index (χ4n) is 1.38.